The molecular weight excluding hydrogens is 196 g/mol. The van der Waals surface area contributed by atoms with Gasteiger partial charge >= 0.3 is 0 Å². The van der Waals surface area contributed by atoms with Crippen molar-refractivity contribution in [3.05, 3.63) is 0 Å². The maximum atomic E-state index is 3.70. The molecule has 0 spiro atoms. The number of likely N-dealkylation sites (tertiary alicyclic amines) is 1. The summed E-state index contributed by atoms with van der Waals surface area (Å²) in [6, 6.07) is 1.66. The zero-order chi connectivity index (χ0) is 11.4. The second kappa shape index (κ2) is 6.02. The second-order valence-electron chi connectivity index (χ2n) is 5.62. The fourth-order valence-electron chi connectivity index (χ4n) is 3.46. The summed E-state index contributed by atoms with van der Waals surface area (Å²) in [6.07, 6.45) is 8.33. The molecule has 3 unspecified atom stereocenters. The molecule has 94 valence electrons. The fraction of sp³-hybridized carbons (Fsp3) is 1.00. The van der Waals surface area contributed by atoms with Crippen LogP contribution in [0.2, 0.25) is 0 Å². The van der Waals surface area contributed by atoms with Gasteiger partial charge in [0.05, 0.1) is 0 Å². The topological polar surface area (TPSA) is 15.3 Å². The van der Waals surface area contributed by atoms with E-state index >= 15 is 0 Å². The molecule has 2 rings (SSSR count). The van der Waals surface area contributed by atoms with Crippen LogP contribution < -0.4 is 5.32 Å². The highest BCUT2D eigenvalue weighted by Gasteiger charge is 2.36. The van der Waals surface area contributed by atoms with Crippen LogP contribution in [0, 0.1) is 5.92 Å². The summed E-state index contributed by atoms with van der Waals surface area (Å²) in [5, 5.41) is 3.70. The van der Waals surface area contributed by atoms with Crippen molar-refractivity contribution in [1.82, 2.24) is 10.2 Å². The van der Waals surface area contributed by atoms with E-state index < -0.39 is 0 Å². The van der Waals surface area contributed by atoms with E-state index in [1.54, 1.807) is 0 Å². The molecule has 0 aromatic heterocycles. The number of hydrogen-bond donors (Lipinski definition) is 1. The predicted octanol–water partition coefficient (Wildman–Crippen LogP) is 2.64. The van der Waals surface area contributed by atoms with Crippen LogP contribution in [0.1, 0.15) is 52.4 Å². The second-order valence-corrected chi connectivity index (χ2v) is 5.62. The van der Waals surface area contributed by atoms with Crippen molar-refractivity contribution < 1.29 is 0 Å². The van der Waals surface area contributed by atoms with Crippen molar-refractivity contribution in [2.24, 2.45) is 5.92 Å². The lowest BCUT2D eigenvalue weighted by Crippen LogP contribution is -2.41. The van der Waals surface area contributed by atoms with Gasteiger partial charge in [-0.25, -0.2) is 0 Å². The predicted molar refractivity (Wildman–Crippen MR) is 69.7 cm³/mol. The van der Waals surface area contributed by atoms with Crippen molar-refractivity contribution in [3.63, 3.8) is 0 Å². The summed E-state index contributed by atoms with van der Waals surface area (Å²) >= 11 is 0. The quantitative estimate of drug-likeness (QED) is 0.772. The molecule has 0 bridgehead atoms. The minimum atomic E-state index is 0.810. The Morgan fingerprint density at radius 3 is 2.88 bits per heavy atom. The Hall–Kier alpha value is -0.0800. The molecule has 2 nitrogen and oxygen atoms in total. The van der Waals surface area contributed by atoms with Crippen LogP contribution in [0.5, 0.6) is 0 Å². The van der Waals surface area contributed by atoms with E-state index in [2.05, 4.69) is 24.1 Å². The molecular formula is C14H28N2. The van der Waals surface area contributed by atoms with Crippen molar-refractivity contribution in [2.75, 3.05) is 19.6 Å². The summed E-state index contributed by atoms with van der Waals surface area (Å²) < 4.78 is 0. The van der Waals surface area contributed by atoms with Gasteiger partial charge in [0.2, 0.25) is 0 Å². The van der Waals surface area contributed by atoms with Crippen molar-refractivity contribution >= 4 is 0 Å². The van der Waals surface area contributed by atoms with Crippen LogP contribution in [-0.4, -0.2) is 36.6 Å². The Labute approximate surface area is 101 Å². The average Bonchev–Trinajstić information content (AvgIpc) is 2.73. The van der Waals surface area contributed by atoms with Crippen LogP contribution in [0.15, 0.2) is 0 Å². The maximum Gasteiger partial charge on any atom is 0.0235 e. The number of unbranched alkanes of at least 4 members (excludes halogenated alkanes) is 1. The van der Waals surface area contributed by atoms with Gasteiger partial charge in [0.1, 0.15) is 0 Å². The van der Waals surface area contributed by atoms with Crippen LogP contribution in [0.4, 0.5) is 0 Å². The third-order valence-corrected chi connectivity index (χ3v) is 4.51. The molecule has 2 saturated heterocycles. The molecule has 0 aromatic rings. The molecule has 2 fully saturated rings. The van der Waals surface area contributed by atoms with E-state index in [-0.39, 0.29) is 0 Å². The molecule has 1 N–H and O–H groups in total. The normalized spacial score (nSPS) is 32.6. The Balaban J connectivity index is 1.84. The van der Waals surface area contributed by atoms with Gasteiger partial charge in [-0.3, -0.25) is 4.90 Å². The van der Waals surface area contributed by atoms with Crippen molar-refractivity contribution in [3.8, 4) is 0 Å². The monoisotopic (exact) mass is 224 g/mol. The highest BCUT2D eigenvalue weighted by molar-refractivity contribution is 4.93. The molecule has 3 atom stereocenters. The molecule has 0 saturated carbocycles. The van der Waals surface area contributed by atoms with Gasteiger partial charge in [-0.1, -0.05) is 26.7 Å². The number of nitrogens with zero attached hydrogens (tertiary/aromatic N) is 1. The first-order chi connectivity index (χ1) is 7.85. The molecule has 2 aliphatic rings. The smallest absolute Gasteiger partial charge is 0.0235 e. The minimum Gasteiger partial charge on any atom is -0.312 e. The van der Waals surface area contributed by atoms with Crippen molar-refractivity contribution in [2.45, 2.75) is 64.5 Å². The molecule has 0 radical (unpaired) electrons. The highest BCUT2D eigenvalue weighted by Crippen LogP contribution is 2.28. The lowest BCUT2D eigenvalue weighted by Gasteiger charge is -2.26. The Morgan fingerprint density at radius 2 is 2.19 bits per heavy atom. The zero-order valence-electron chi connectivity index (χ0n) is 11.0. The number of fused-ring (bicyclic) bond motifs is 1. The van der Waals surface area contributed by atoms with Gasteiger partial charge < -0.3 is 5.32 Å². The van der Waals surface area contributed by atoms with E-state index in [0.29, 0.717) is 0 Å². The summed E-state index contributed by atoms with van der Waals surface area (Å²) in [7, 11) is 0. The van der Waals surface area contributed by atoms with E-state index in [0.717, 1.165) is 18.0 Å². The SMILES string of the molecule is CCCCC(CC)N1CC2CCCNC2C1. The van der Waals surface area contributed by atoms with E-state index in [1.807, 2.05) is 0 Å². The largest absolute Gasteiger partial charge is 0.312 e. The lowest BCUT2D eigenvalue weighted by atomic mass is 9.94. The summed E-state index contributed by atoms with van der Waals surface area (Å²) in [5.41, 5.74) is 0. The Morgan fingerprint density at radius 1 is 1.31 bits per heavy atom. The van der Waals surface area contributed by atoms with Crippen LogP contribution in [0.3, 0.4) is 0 Å². The summed E-state index contributed by atoms with van der Waals surface area (Å²) in [4.78, 5) is 2.77. The van der Waals surface area contributed by atoms with Gasteiger partial charge in [0, 0.05) is 25.2 Å². The van der Waals surface area contributed by atoms with Crippen LogP contribution >= 0.6 is 0 Å². The fourth-order valence-corrected chi connectivity index (χ4v) is 3.46. The van der Waals surface area contributed by atoms with Crippen molar-refractivity contribution in [1.29, 1.82) is 0 Å². The van der Waals surface area contributed by atoms with Gasteiger partial charge in [-0.05, 0) is 38.1 Å². The first-order valence-electron chi connectivity index (χ1n) is 7.32. The first-order valence-corrected chi connectivity index (χ1v) is 7.32. The number of hydrogen-bond acceptors (Lipinski definition) is 2. The number of nitrogens with one attached hydrogen (secondary N) is 1. The van der Waals surface area contributed by atoms with Gasteiger partial charge in [-0.15, -0.1) is 0 Å². The Kier molecular flexibility index (Phi) is 4.66. The summed E-state index contributed by atoms with van der Waals surface area (Å²) in [5.74, 6) is 0.949. The van der Waals surface area contributed by atoms with Crippen LogP contribution in [-0.2, 0) is 0 Å². The molecule has 2 aliphatic heterocycles. The lowest BCUT2D eigenvalue weighted by molar-refractivity contribution is 0.211. The van der Waals surface area contributed by atoms with Gasteiger partial charge in [0.25, 0.3) is 0 Å². The third kappa shape index (κ3) is 2.78. The number of piperidine rings is 1. The van der Waals surface area contributed by atoms with E-state index in [1.165, 1.54) is 58.2 Å². The molecule has 0 amide bonds. The third-order valence-electron chi connectivity index (χ3n) is 4.51. The maximum absolute atomic E-state index is 3.70. The first kappa shape index (κ1) is 12.4. The number of rotatable bonds is 5. The molecule has 2 heteroatoms. The van der Waals surface area contributed by atoms with Gasteiger partial charge in [0.15, 0.2) is 0 Å². The van der Waals surface area contributed by atoms with Gasteiger partial charge in [-0.2, -0.15) is 0 Å². The van der Waals surface area contributed by atoms with E-state index in [9.17, 15) is 0 Å². The summed E-state index contributed by atoms with van der Waals surface area (Å²) in [6.45, 7) is 8.58. The average molecular weight is 224 g/mol. The molecule has 2 heterocycles. The highest BCUT2D eigenvalue weighted by atomic mass is 15.2. The Bertz CT molecular complexity index is 191. The molecule has 0 aliphatic carbocycles. The van der Waals surface area contributed by atoms with Crippen LogP contribution in [0.25, 0.3) is 0 Å². The minimum absolute atomic E-state index is 0.810. The van der Waals surface area contributed by atoms with E-state index in [4.69, 9.17) is 0 Å². The molecule has 16 heavy (non-hydrogen) atoms. The standard InChI is InChI=1S/C14H28N2/c1-3-5-8-13(4-2)16-10-12-7-6-9-15-14(12)11-16/h12-15H,3-11H2,1-2H3. The zero-order valence-corrected chi connectivity index (χ0v) is 11.0. The molecule has 0 aromatic carbocycles.